The molecule has 0 aromatic heterocycles. The third-order valence-electron chi connectivity index (χ3n) is 4.84. The molecule has 5 nitrogen and oxygen atoms in total. The molecule has 1 heterocycles. The zero-order valence-corrected chi connectivity index (χ0v) is 20.5. The fraction of sp³-hybridized carbons (Fsp3) is 0.0800. The predicted octanol–water partition coefficient (Wildman–Crippen LogP) is 6.87. The van der Waals surface area contributed by atoms with Crippen molar-refractivity contribution in [1.29, 1.82) is 0 Å². The maximum Gasteiger partial charge on any atom is 0.343 e. The Hall–Kier alpha value is -2.87. The van der Waals surface area contributed by atoms with Crippen LogP contribution in [0.15, 0.2) is 76.1 Å². The van der Waals surface area contributed by atoms with E-state index in [1.807, 2.05) is 31.2 Å². The molecule has 2 amide bonds. The lowest BCUT2D eigenvalue weighted by molar-refractivity contribution is -0.123. The van der Waals surface area contributed by atoms with Gasteiger partial charge in [-0.25, -0.2) is 4.79 Å². The first-order valence-corrected chi connectivity index (χ1v) is 11.9. The minimum Gasteiger partial charge on any atom is -0.422 e. The average molecular weight is 543 g/mol. The number of ether oxygens (including phenoxy) is 1. The summed E-state index contributed by atoms with van der Waals surface area (Å²) in [6, 6.07) is 19.1. The first-order valence-electron chi connectivity index (χ1n) is 9.88. The van der Waals surface area contributed by atoms with Gasteiger partial charge in [-0.2, -0.15) is 0 Å². The summed E-state index contributed by atoms with van der Waals surface area (Å²) in [6.07, 6.45) is 1.57. The molecule has 1 saturated heterocycles. The van der Waals surface area contributed by atoms with E-state index in [9.17, 15) is 14.4 Å². The van der Waals surface area contributed by atoms with E-state index < -0.39 is 5.97 Å². The van der Waals surface area contributed by atoms with Crippen LogP contribution in [-0.4, -0.2) is 22.0 Å². The van der Waals surface area contributed by atoms with Gasteiger partial charge in [0.1, 0.15) is 5.75 Å². The molecule has 0 spiro atoms. The van der Waals surface area contributed by atoms with E-state index in [0.29, 0.717) is 16.1 Å². The molecule has 0 bridgehead atoms. The second-order valence-corrected chi connectivity index (χ2v) is 9.68. The highest BCUT2D eigenvalue weighted by Gasteiger charge is 2.35. The largest absolute Gasteiger partial charge is 0.422 e. The number of hydrogen-bond donors (Lipinski definition) is 0. The highest BCUT2D eigenvalue weighted by Crippen LogP contribution is 2.36. The van der Waals surface area contributed by atoms with Crippen molar-refractivity contribution in [1.82, 2.24) is 4.90 Å². The van der Waals surface area contributed by atoms with E-state index >= 15 is 0 Å². The molecular weight excluding hydrogens is 526 g/mol. The molecule has 1 aliphatic heterocycles. The van der Waals surface area contributed by atoms with Gasteiger partial charge in [-0.15, -0.1) is 0 Å². The van der Waals surface area contributed by atoms with Gasteiger partial charge in [0.2, 0.25) is 0 Å². The van der Waals surface area contributed by atoms with E-state index in [1.165, 1.54) is 4.90 Å². The van der Waals surface area contributed by atoms with Crippen molar-refractivity contribution in [3.63, 3.8) is 0 Å². The van der Waals surface area contributed by atoms with Gasteiger partial charge in [-0.1, -0.05) is 57.4 Å². The molecule has 1 fully saturated rings. The Morgan fingerprint density at radius 2 is 1.85 bits per heavy atom. The molecule has 0 saturated carbocycles. The van der Waals surface area contributed by atoms with Gasteiger partial charge in [0.25, 0.3) is 11.1 Å². The van der Waals surface area contributed by atoms with Crippen LogP contribution in [0.25, 0.3) is 6.08 Å². The summed E-state index contributed by atoms with van der Waals surface area (Å²) < 4.78 is 6.30. The second-order valence-electron chi connectivity index (χ2n) is 7.34. The summed E-state index contributed by atoms with van der Waals surface area (Å²) in [4.78, 5) is 39.5. The molecule has 8 heteroatoms. The quantitative estimate of drug-likeness (QED) is 0.200. The Bertz CT molecular complexity index is 1290. The zero-order chi connectivity index (χ0) is 23.5. The molecule has 3 aromatic carbocycles. The molecule has 0 radical (unpaired) electrons. The van der Waals surface area contributed by atoms with Gasteiger partial charge >= 0.3 is 5.97 Å². The Morgan fingerprint density at radius 1 is 1.09 bits per heavy atom. The molecule has 0 atom stereocenters. The highest BCUT2D eigenvalue weighted by molar-refractivity contribution is 9.10. The first kappa shape index (κ1) is 23.3. The standard InChI is InChI=1S/C25H17BrClNO4S/c1-15-3-2-4-16(11-15)14-28-23(29)22(33-25(28)31)13-18-12-19(26)7-10-21(18)32-24(30)17-5-8-20(27)9-6-17/h2-13H,14H2,1H3/b22-13-. The van der Waals surface area contributed by atoms with Gasteiger partial charge in [0, 0.05) is 15.1 Å². The number of benzene rings is 3. The summed E-state index contributed by atoms with van der Waals surface area (Å²) in [6.45, 7) is 2.15. The summed E-state index contributed by atoms with van der Waals surface area (Å²) in [5.74, 6) is -0.679. The number of hydrogen-bond acceptors (Lipinski definition) is 5. The lowest BCUT2D eigenvalue weighted by Crippen LogP contribution is -2.27. The monoisotopic (exact) mass is 541 g/mol. The number of nitrogens with zero attached hydrogens (tertiary/aromatic N) is 1. The second kappa shape index (κ2) is 9.95. The molecule has 0 N–H and O–H groups in total. The zero-order valence-electron chi connectivity index (χ0n) is 17.4. The number of amides is 2. The number of imide groups is 1. The normalized spacial score (nSPS) is 14.8. The van der Waals surface area contributed by atoms with Crippen LogP contribution >= 0.6 is 39.3 Å². The summed E-state index contributed by atoms with van der Waals surface area (Å²) in [5, 5.41) is 0.166. The van der Waals surface area contributed by atoms with Crippen LogP contribution in [0.4, 0.5) is 4.79 Å². The van der Waals surface area contributed by atoms with Crippen molar-refractivity contribution in [2.75, 3.05) is 0 Å². The van der Waals surface area contributed by atoms with Gasteiger partial charge < -0.3 is 4.74 Å². The van der Waals surface area contributed by atoms with Crippen molar-refractivity contribution in [3.8, 4) is 5.75 Å². The van der Waals surface area contributed by atoms with Crippen molar-refractivity contribution in [3.05, 3.63) is 103 Å². The van der Waals surface area contributed by atoms with Crippen LogP contribution in [0.3, 0.4) is 0 Å². The molecule has 33 heavy (non-hydrogen) atoms. The Morgan fingerprint density at radius 3 is 2.58 bits per heavy atom. The van der Waals surface area contributed by atoms with Crippen LogP contribution in [0, 0.1) is 6.92 Å². The van der Waals surface area contributed by atoms with Crippen LogP contribution in [0.1, 0.15) is 27.0 Å². The van der Waals surface area contributed by atoms with Crippen molar-refractivity contribution >= 4 is 62.5 Å². The number of rotatable bonds is 5. The maximum atomic E-state index is 13.0. The van der Waals surface area contributed by atoms with E-state index in [4.69, 9.17) is 16.3 Å². The fourth-order valence-electron chi connectivity index (χ4n) is 3.24. The van der Waals surface area contributed by atoms with E-state index in [1.54, 1.807) is 48.5 Å². The predicted molar refractivity (Wildman–Crippen MR) is 133 cm³/mol. The minimum atomic E-state index is -0.559. The molecular formula is C25H17BrClNO4S. The van der Waals surface area contributed by atoms with Gasteiger partial charge in [-0.05, 0) is 72.8 Å². The topological polar surface area (TPSA) is 63.7 Å². The Labute approximate surface area is 208 Å². The van der Waals surface area contributed by atoms with E-state index in [2.05, 4.69) is 15.9 Å². The Kier molecular flexibility index (Phi) is 7.02. The number of esters is 1. The van der Waals surface area contributed by atoms with E-state index in [-0.39, 0.29) is 28.3 Å². The fourth-order valence-corrected chi connectivity index (χ4v) is 4.57. The smallest absolute Gasteiger partial charge is 0.343 e. The third kappa shape index (κ3) is 5.55. The highest BCUT2D eigenvalue weighted by atomic mass is 79.9. The molecule has 0 unspecified atom stereocenters. The van der Waals surface area contributed by atoms with Gasteiger partial charge in [0.15, 0.2) is 0 Å². The summed E-state index contributed by atoms with van der Waals surface area (Å²) in [7, 11) is 0. The molecule has 0 aliphatic carbocycles. The first-order chi connectivity index (χ1) is 15.8. The van der Waals surface area contributed by atoms with Gasteiger partial charge in [-0.3, -0.25) is 14.5 Å². The molecule has 166 valence electrons. The lowest BCUT2D eigenvalue weighted by atomic mass is 10.1. The van der Waals surface area contributed by atoms with Crippen LogP contribution < -0.4 is 4.74 Å². The Balaban J connectivity index is 1.58. The van der Waals surface area contributed by atoms with E-state index in [0.717, 1.165) is 27.4 Å². The third-order valence-corrected chi connectivity index (χ3v) is 6.49. The lowest BCUT2D eigenvalue weighted by Gasteiger charge is -2.13. The van der Waals surface area contributed by atoms with Crippen LogP contribution in [0.2, 0.25) is 5.02 Å². The number of carbonyl (C=O) groups excluding carboxylic acids is 3. The van der Waals surface area contributed by atoms with Crippen LogP contribution in [-0.2, 0) is 11.3 Å². The summed E-state index contributed by atoms with van der Waals surface area (Å²) >= 11 is 10.1. The minimum absolute atomic E-state index is 0.195. The molecule has 4 rings (SSSR count). The van der Waals surface area contributed by atoms with Gasteiger partial charge in [0.05, 0.1) is 17.0 Å². The number of aryl methyl sites for hydroxylation is 1. The SMILES string of the molecule is Cc1cccc(CN2C(=O)S/C(=C\c3cc(Br)ccc3OC(=O)c3ccc(Cl)cc3)C2=O)c1. The number of thioether (sulfide) groups is 1. The number of halogens is 2. The average Bonchev–Trinajstić information content (AvgIpc) is 3.03. The van der Waals surface area contributed by atoms with Crippen molar-refractivity contribution in [2.24, 2.45) is 0 Å². The summed E-state index contributed by atoms with van der Waals surface area (Å²) in [5.41, 5.74) is 2.76. The van der Waals surface area contributed by atoms with Crippen LogP contribution in [0.5, 0.6) is 5.75 Å². The maximum absolute atomic E-state index is 13.0. The number of carbonyl (C=O) groups is 3. The van der Waals surface area contributed by atoms with Crippen molar-refractivity contribution in [2.45, 2.75) is 13.5 Å². The van der Waals surface area contributed by atoms with Crippen molar-refractivity contribution < 1.29 is 19.1 Å². The molecule has 1 aliphatic rings. The molecule has 3 aromatic rings.